The lowest BCUT2D eigenvalue weighted by Crippen LogP contribution is -2.04. The predicted molar refractivity (Wildman–Crippen MR) is 74.0 cm³/mol. The first-order valence-corrected chi connectivity index (χ1v) is 6.79. The van der Waals surface area contributed by atoms with E-state index in [0.717, 1.165) is 24.8 Å². The van der Waals surface area contributed by atoms with Crippen LogP contribution in [0.3, 0.4) is 0 Å². The van der Waals surface area contributed by atoms with Gasteiger partial charge in [0, 0.05) is 0 Å². The van der Waals surface area contributed by atoms with Crippen molar-refractivity contribution >= 4 is 0 Å². The third-order valence-corrected chi connectivity index (χ3v) is 3.30. The standard InChI is InChI=1S/C16H26O/c1-5-13(4)10-16(17)15-8-6-7-14(11-15)9-12(2)3/h6-8,11-13,16-17H,5,9-10H2,1-4H3. The van der Waals surface area contributed by atoms with E-state index in [0.29, 0.717) is 11.8 Å². The van der Waals surface area contributed by atoms with Crippen molar-refractivity contribution in [3.63, 3.8) is 0 Å². The van der Waals surface area contributed by atoms with E-state index >= 15 is 0 Å². The van der Waals surface area contributed by atoms with Crippen molar-refractivity contribution in [3.8, 4) is 0 Å². The molecule has 1 aromatic carbocycles. The average molecular weight is 234 g/mol. The van der Waals surface area contributed by atoms with Crippen LogP contribution in [-0.4, -0.2) is 5.11 Å². The smallest absolute Gasteiger partial charge is 0.0792 e. The molecular weight excluding hydrogens is 208 g/mol. The Morgan fingerprint density at radius 3 is 2.47 bits per heavy atom. The minimum atomic E-state index is -0.308. The predicted octanol–water partition coefficient (Wildman–Crippen LogP) is 4.35. The summed E-state index contributed by atoms with van der Waals surface area (Å²) in [6.07, 6.45) is 2.77. The molecule has 0 saturated heterocycles. The van der Waals surface area contributed by atoms with Crippen molar-refractivity contribution in [3.05, 3.63) is 35.4 Å². The summed E-state index contributed by atoms with van der Waals surface area (Å²) < 4.78 is 0. The van der Waals surface area contributed by atoms with Crippen molar-refractivity contribution in [2.45, 2.75) is 53.1 Å². The van der Waals surface area contributed by atoms with Gasteiger partial charge in [0.1, 0.15) is 0 Å². The van der Waals surface area contributed by atoms with Crippen molar-refractivity contribution in [2.24, 2.45) is 11.8 Å². The molecule has 0 spiro atoms. The fourth-order valence-electron chi connectivity index (χ4n) is 2.08. The third kappa shape index (κ3) is 4.91. The molecule has 1 rings (SSSR count). The summed E-state index contributed by atoms with van der Waals surface area (Å²) in [7, 11) is 0. The number of benzene rings is 1. The van der Waals surface area contributed by atoms with E-state index in [4.69, 9.17) is 0 Å². The topological polar surface area (TPSA) is 20.2 Å². The van der Waals surface area contributed by atoms with Crippen molar-refractivity contribution < 1.29 is 5.11 Å². The molecule has 0 saturated carbocycles. The molecule has 1 N–H and O–H groups in total. The monoisotopic (exact) mass is 234 g/mol. The number of rotatable bonds is 6. The van der Waals surface area contributed by atoms with Crippen LogP contribution in [0.25, 0.3) is 0 Å². The van der Waals surface area contributed by atoms with Crippen molar-refractivity contribution in [1.29, 1.82) is 0 Å². The third-order valence-electron chi connectivity index (χ3n) is 3.30. The van der Waals surface area contributed by atoms with Gasteiger partial charge in [-0.25, -0.2) is 0 Å². The van der Waals surface area contributed by atoms with E-state index in [1.54, 1.807) is 0 Å². The molecule has 1 aromatic rings. The lowest BCUT2D eigenvalue weighted by molar-refractivity contribution is 0.146. The van der Waals surface area contributed by atoms with Crippen LogP contribution in [0.15, 0.2) is 24.3 Å². The molecule has 0 aromatic heterocycles. The normalized spacial score (nSPS) is 14.9. The maximum atomic E-state index is 10.2. The molecule has 0 aliphatic carbocycles. The molecule has 96 valence electrons. The number of hydrogen-bond donors (Lipinski definition) is 1. The summed E-state index contributed by atoms with van der Waals surface area (Å²) in [5.74, 6) is 1.25. The van der Waals surface area contributed by atoms with E-state index in [1.807, 2.05) is 6.07 Å². The summed E-state index contributed by atoms with van der Waals surface area (Å²) in [6.45, 7) is 8.82. The molecule has 0 fully saturated rings. The molecule has 0 radical (unpaired) electrons. The van der Waals surface area contributed by atoms with Gasteiger partial charge in [-0.3, -0.25) is 0 Å². The van der Waals surface area contributed by atoms with E-state index in [2.05, 4.69) is 45.9 Å². The number of hydrogen-bond acceptors (Lipinski definition) is 1. The van der Waals surface area contributed by atoms with Crippen LogP contribution in [0.2, 0.25) is 0 Å². The molecule has 2 atom stereocenters. The minimum Gasteiger partial charge on any atom is -0.388 e. The number of aliphatic hydroxyl groups excluding tert-OH is 1. The van der Waals surface area contributed by atoms with Crippen molar-refractivity contribution in [2.75, 3.05) is 0 Å². The van der Waals surface area contributed by atoms with Crippen LogP contribution in [0, 0.1) is 11.8 Å². The maximum absolute atomic E-state index is 10.2. The highest BCUT2D eigenvalue weighted by Gasteiger charge is 2.11. The van der Waals surface area contributed by atoms with Crippen LogP contribution >= 0.6 is 0 Å². The van der Waals surface area contributed by atoms with Crippen LogP contribution in [-0.2, 0) is 6.42 Å². The fourth-order valence-corrected chi connectivity index (χ4v) is 2.08. The molecule has 1 heteroatoms. The van der Waals surface area contributed by atoms with Gasteiger partial charge < -0.3 is 5.11 Å². The van der Waals surface area contributed by atoms with E-state index in [1.165, 1.54) is 5.56 Å². The van der Waals surface area contributed by atoms with Crippen LogP contribution in [0.5, 0.6) is 0 Å². The molecule has 1 nitrogen and oxygen atoms in total. The van der Waals surface area contributed by atoms with Gasteiger partial charge in [-0.05, 0) is 35.8 Å². The van der Waals surface area contributed by atoms with Gasteiger partial charge in [0.05, 0.1) is 6.10 Å². The first kappa shape index (κ1) is 14.2. The Kier molecular flexibility index (Phi) is 5.70. The summed E-state index contributed by atoms with van der Waals surface area (Å²) in [5.41, 5.74) is 2.41. The van der Waals surface area contributed by atoms with Crippen molar-refractivity contribution in [1.82, 2.24) is 0 Å². The van der Waals surface area contributed by atoms with E-state index in [9.17, 15) is 5.11 Å². The van der Waals surface area contributed by atoms with Gasteiger partial charge in [-0.2, -0.15) is 0 Å². The van der Waals surface area contributed by atoms with Gasteiger partial charge in [-0.1, -0.05) is 58.4 Å². The number of aliphatic hydroxyl groups is 1. The molecule has 0 bridgehead atoms. The summed E-state index contributed by atoms with van der Waals surface area (Å²) in [4.78, 5) is 0. The highest BCUT2D eigenvalue weighted by Crippen LogP contribution is 2.24. The molecule has 0 amide bonds. The summed E-state index contributed by atoms with van der Waals surface area (Å²) in [6, 6.07) is 8.41. The quantitative estimate of drug-likeness (QED) is 0.775. The molecule has 0 aliphatic heterocycles. The Morgan fingerprint density at radius 1 is 1.18 bits per heavy atom. The molecular formula is C16H26O. The lowest BCUT2D eigenvalue weighted by atomic mass is 9.94. The van der Waals surface area contributed by atoms with Gasteiger partial charge in [0.2, 0.25) is 0 Å². The fraction of sp³-hybridized carbons (Fsp3) is 0.625. The Balaban J connectivity index is 2.70. The average Bonchev–Trinajstić information content (AvgIpc) is 2.28. The van der Waals surface area contributed by atoms with Crippen LogP contribution < -0.4 is 0 Å². The first-order valence-electron chi connectivity index (χ1n) is 6.79. The Labute approximate surface area is 106 Å². The van der Waals surface area contributed by atoms with E-state index in [-0.39, 0.29) is 6.10 Å². The Morgan fingerprint density at radius 2 is 1.88 bits per heavy atom. The second kappa shape index (κ2) is 6.80. The van der Waals surface area contributed by atoms with Gasteiger partial charge in [0.25, 0.3) is 0 Å². The zero-order valence-corrected chi connectivity index (χ0v) is 11.6. The second-order valence-corrected chi connectivity index (χ2v) is 5.61. The van der Waals surface area contributed by atoms with E-state index < -0.39 is 0 Å². The molecule has 0 aliphatic rings. The highest BCUT2D eigenvalue weighted by molar-refractivity contribution is 5.25. The maximum Gasteiger partial charge on any atom is 0.0792 e. The Hall–Kier alpha value is -0.820. The van der Waals surface area contributed by atoms with Gasteiger partial charge in [-0.15, -0.1) is 0 Å². The molecule has 2 unspecified atom stereocenters. The molecule has 17 heavy (non-hydrogen) atoms. The first-order chi connectivity index (χ1) is 8.02. The summed E-state index contributed by atoms with van der Waals surface area (Å²) >= 11 is 0. The zero-order valence-electron chi connectivity index (χ0n) is 11.6. The molecule has 0 heterocycles. The second-order valence-electron chi connectivity index (χ2n) is 5.61. The van der Waals surface area contributed by atoms with Gasteiger partial charge >= 0.3 is 0 Å². The lowest BCUT2D eigenvalue weighted by Gasteiger charge is -2.16. The SMILES string of the molecule is CCC(C)CC(O)c1cccc(CC(C)C)c1. The van der Waals surface area contributed by atoms with Gasteiger partial charge in [0.15, 0.2) is 0 Å². The zero-order chi connectivity index (χ0) is 12.8. The van der Waals surface area contributed by atoms with Crippen LogP contribution in [0.4, 0.5) is 0 Å². The Bertz CT molecular complexity index is 330. The highest BCUT2D eigenvalue weighted by atomic mass is 16.3. The van der Waals surface area contributed by atoms with Crippen LogP contribution in [0.1, 0.15) is 57.8 Å². The largest absolute Gasteiger partial charge is 0.388 e. The minimum absolute atomic E-state index is 0.308. The summed E-state index contributed by atoms with van der Waals surface area (Å²) in [5, 5.41) is 10.2.